The third-order valence-corrected chi connectivity index (χ3v) is 3.08. The van der Waals surface area contributed by atoms with E-state index in [9.17, 15) is 4.79 Å². The van der Waals surface area contributed by atoms with E-state index in [0.29, 0.717) is 5.25 Å². The summed E-state index contributed by atoms with van der Waals surface area (Å²) in [7, 11) is 0. The highest BCUT2D eigenvalue weighted by Gasteiger charge is 2.29. The average Bonchev–Trinajstić information content (AvgIpc) is 2.27. The van der Waals surface area contributed by atoms with Gasteiger partial charge in [-0.05, 0) is 19.3 Å². The molecule has 1 amide bonds. The molecule has 1 atom stereocenters. The van der Waals surface area contributed by atoms with Gasteiger partial charge >= 0.3 is 5.24 Å². The summed E-state index contributed by atoms with van der Waals surface area (Å²) >= 11 is 1.41. The minimum atomic E-state index is 0.0295. The van der Waals surface area contributed by atoms with Gasteiger partial charge in [-0.2, -0.15) is 0 Å². The summed E-state index contributed by atoms with van der Waals surface area (Å²) in [6.45, 7) is 0. The van der Waals surface area contributed by atoms with Gasteiger partial charge in [-0.25, -0.2) is 4.99 Å². The molecule has 1 unspecified atom stereocenters. The molecular formula is C7H9NOS. The highest BCUT2D eigenvalue weighted by Crippen LogP contribution is 2.32. The molecule has 0 aromatic carbocycles. The molecule has 2 aliphatic rings. The lowest BCUT2D eigenvalue weighted by Gasteiger charge is -2.15. The summed E-state index contributed by atoms with van der Waals surface area (Å²) in [4.78, 5) is 14.7. The zero-order valence-corrected chi connectivity index (χ0v) is 6.49. The number of hydrogen-bond donors (Lipinski definition) is 0. The Morgan fingerprint density at radius 2 is 2.40 bits per heavy atom. The quantitative estimate of drug-likeness (QED) is 0.537. The molecular weight excluding hydrogens is 146 g/mol. The average molecular weight is 155 g/mol. The topological polar surface area (TPSA) is 29.4 Å². The molecule has 1 fully saturated rings. The monoisotopic (exact) mass is 155 g/mol. The lowest BCUT2D eigenvalue weighted by atomic mass is 9.98. The lowest BCUT2D eigenvalue weighted by molar-refractivity contribution is 0.268. The molecule has 1 saturated carbocycles. The molecule has 1 aliphatic heterocycles. The Kier molecular flexibility index (Phi) is 1.52. The van der Waals surface area contributed by atoms with Crippen LogP contribution >= 0.6 is 11.8 Å². The number of rotatable bonds is 0. The van der Waals surface area contributed by atoms with Gasteiger partial charge in [0.05, 0.1) is 5.25 Å². The summed E-state index contributed by atoms with van der Waals surface area (Å²) in [6.07, 6.45) is 4.71. The maximum atomic E-state index is 10.8. The fourth-order valence-corrected chi connectivity index (χ4v) is 2.49. The van der Waals surface area contributed by atoms with Crippen LogP contribution in [0.3, 0.4) is 0 Å². The molecule has 0 N–H and O–H groups in total. The van der Waals surface area contributed by atoms with Gasteiger partial charge < -0.3 is 0 Å². The Labute approximate surface area is 64.1 Å². The van der Waals surface area contributed by atoms with Crippen LogP contribution in [0.25, 0.3) is 0 Å². The fraction of sp³-hybridized carbons (Fsp3) is 0.714. The SMILES string of the molecule is O=C1N=C2CCCCC2S1. The van der Waals surface area contributed by atoms with Gasteiger partial charge in [0.1, 0.15) is 0 Å². The Balaban J connectivity index is 2.17. The second kappa shape index (κ2) is 2.38. The van der Waals surface area contributed by atoms with E-state index in [1.165, 1.54) is 24.6 Å². The maximum absolute atomic E-state index is 10.8. The van der Waals surface area contributed by atoms with Gasteiger partial charge in [0.2, 0.25) is 0 Å². The third-order valence-electron chi connectivity index (χ3n) is 2.00. The number of hydrogen-bond acceptors (Lipinski definition) is 2. The summed E-state index contributed by atoms with van der Waals surface area (Å²) in [5.41, 5.74) is 1.15. The zero-order valence-electron chi connectivity index (χ0n) is 5.67. The van der Waals surface area contributed by atoms with Crippen LogP contribution in [-0.2, 0) is 0 Å². The largest absolute Gasteiger partial charge is 0.305 e. The van der Waals surface area contributed by atoms with E-state index in [1.807, 2.05) is 0 Å². The predicted molar refractivity (Wildman–Crippen MR) is 42.7 cm³/mol. The second-order valence-corrected chi connectivity index (χ2v) is 3.88. The van der Waals surface area contributed by atoms with Crippen LogP contribution in [0.15, 0.2) is 4.99 Å². The van der Waals surface area contributed by atoms with Crippen molar-refractivity contribution < 1.29 is 4.79 Å². The number of carbonyl (C=O) groups is 1. The van der Waals surface area contributed by atoms with E-state index in [2.05, 4.69) is 4.99 Å². The molecule has 0 radical (unpaired) electrons. The first kappa shape index (κ1) is 6.40. The van der Waals surface area contributed by atoms with Crippen LogP contribution < -0.4 is 0 Å². The van der Waals surface area contributed by atoms with Crippen molar-refractivity contribution in [3.8, 4) is 0 Å². The molecule has 3 heteroatoms. The van der Waals surface area contributed by atoms with Crippen molar-refractivity contribution in [3.63, 3.8) is 0 Å². The minimum Gasteiger partial charge on any atom is -0.259 e. The second-order valence-electron chi connectivity index (χ2n) is 2.72. The number of nitrogens with zero attached hydrogens (tertiary/aromatic N) is 1. The standard InChI is InChI=1S/C7H9NOS/c9-7-8-5-3-1-2-4-6(5)10-7/h6H,1-4H2. The number of aliphatic imine (C=N–C) groups is 1. The molecule has 0 saturated heterocycles. The maximum Gasteiger partial charge on any atom is 0.305 e. The van der Waals surface area contributed by atoms with Gasteiger partial charge in [0.25, 0.3) is 0 Å². The highest BCUT2D eigenvalue weighted by atomic mass is 32.2. The number of thioether (sulfide) groups is 1. The Morgan fingerprint density at radius 3 is 3.20 bits per heavy atom. The molecule has 1 heterocycles. The zero-order chi connectivity index (χ0) is 6.97. The Morgan fingerprint density at radius 1 is 1.50 bits per heavy atom. The lowest BCUT2D eigenvalue weighted by Crippen LogP contribution is -2.17. The van der Waals surface area contributed by atoms with Gasteiger partial charge in [-0.3, -0.25) is 4.79 Å². The van der Waals surface area contributed by atoms with Crippen molar-refractivity contribution in [2.75, 3.05) is 0 Å². The van der Waals surface area contributed by atoms with Crippen molar-refractivity contribution >= 4 is 22.7 Å². The van der Waals surface area contributed by atoms with E-state index in [0.717, 1.165) is 18.6 Å². The Hall–Kier alpha value is -0.310. The molecule has 10 heavy (non-hydrogen) atoms. The summed E-state index contributed by atoms with van der Waals surface area (Å²) < 4.78 is 0. The summed E-state index contributed by atoms with van der Waals surface area (Å²) in [5.74, 6) is 0. The van der Waals surface area contributed by atoms with Crippen LogP contribution in [0.1, 0.15) is 25.7 Å². The third kappa shape index (κ3) is 0.985. The molecule has 54 valence electrons. The molecule has 0 aromatic rings. The van der Waals surface area contributed by atoms with Crippen molar-refractivity contribution in [1.29, 1.82) is 0 Å². The molecule has 0 spiro atoms. The predicted octanol–water partition coefficient (Wildman–Crippen LogP) is 2.24. The van der Waals surface area contributed by atoms with Crippen LogP contribution in [0.4, 0.5) is 4.79 Å². The van der Waals surface area contributed by atoms with Gasteiger partial charge in [-0.15, -0.1) is 0 Å². The Bertz CT molecular complexity index is 200. The first-order chi connectivity index (χ1) is 4.86. The van der Waals surface area contributed by atoms with E-state index in [1.54, 1.807) is 0 Å². The smallest absolute Gasteiger partial charge is 0.259 e. The molecule has 2 rings (SSSR count). The van der Waals surface area contributed by atoms with Gasteiger partial charge in [0, 0.05) is 5.71 Å². The summed E-state index contributed by atoms with van der Waals surface area (Å²) in [6, 6.07) is 0. The van der Waals surface area contributed by atoms with E-state index in [-0.39, 0.29) is 5.24 Å². The number of amides is 1. The first-order valence-electron chi connectivity index (χ1n) is 3.64. The van der Waals surface area contributed by atoms with E-state index >= 15 is 0 Å². The minimum absolute atomic E-state index is 0.0295. The normalized spacial score (nSPS) is 31.8. The van der Waals surface area contributed by atoms with Crippen LogP contribution in [0.2, 0.25) is 0 Å². The van der Waals surface area contributed by atoms with Crippen molar-refractivity contribution in [2.45, 2.75) is 30.9 Å². The number of carbonyl (C=O) groups excluding carboxylic acids is 1. The highest BCUT2D eigenvalue weighted by molar-refractivity contribution is 8.15. The fourth-order valence-electron chi connectivity index (χ4n) is 1.48. The summed E-state index contributed by atoms with van der Waals surface area (Å²) in [5, 5.41) is 0.489. The van der Waals surface area contributed by atoms with Crippen molar-refractivity contribution in [1.82, 2.24) is 0 Å². The van der Waals surface area contributed by atoms with E-state index in [4.69, 9.17) is 0 Å². The number of fused-ring (bicyclic) bond motifs is 1. The first-order valence-corrected chi connectivity index (χ1v) is 4.52. The molecule has 1 aliphatic carbocycles. The van der Waals surface area contributed by atoms with Gasteiger partial charge in [0.15, 0.2) is 0 Å². The van der Waals surface area contributed by atoms with Crippen LogP contribution in [0, 0.1) is 0 Å². The van der Waals surface area contributed by atoms with Crippen LogP contribution in [-0.4, -0.2) is 16.2 Å². The van der Waals surface area contributed by atoms with Crippen LogP contribution in [0.5, 0.6) is 0 Å². The van der Waals surface area contributed by atoms with Crippen molar-refractivity contribution in [2.24, 2.45) is 4.99 Å². The molecule has 2 nitrogen and oxygen atoms in total. The molecule has 0 bridgehead atoms. The van der Waals surface area contributed by atoms with Gasteiger partial charge in [-0.1, -0.05) is 18.2 Å². The molecule has 0 aromatic heterocycles. The van der Waals surface area contributed by atoms with E-state index < -0.39 is 0 Å². The van der Waals surface area contributed by atoms with Crippen molar-refractivity contribution in [3.05, 3.63) is 0 Å².